The maximum atomic E-state index is 12.9. The third-order valence-electron chi connectivity index (χ3n) is 5.66. The highest BCUT2D eigenvalue weighted by Crippen LogP contribution is 2.27. The Morgan fingerprint density at radius 1 is 1.09 bits per heavy atom. The highest BCUT2D eigenvalue weighted by molar-refractivity contribution is 6.31. The number of piperidine rings is 1. The molecule has 1 fully saturated rings. The lowest BCUT2D eigenvalue weighted by molar-refractivity contribution is -0.121. The fourth-order valence-corrected chi connectivity index (χ4v) is 3.86. The maximum absolute atomic E-state index is 12.9. The molecule has 0 spiro atoms. The summed E-state index contributed by atoms with van der Waals surface area (Å²) in [5, 5.41) is 3.37. The lowest BCUT2D eigenvalue weighted by atomic mass is 9.95. The molecule has 0 bridgehead atoms. The summed E-state index contributed by atoms with van der Waals surface area (Å²) >= 11 is 6.05. The largest absolute Gasteiger partial charge is 0.496 e. The van der Waals surface area contributed by atoms with E-state index in [0.29, 0.717) is 60.1 Å². The van der Waals surface area contributed by atoms with Gasteiger partial charge < -0.3 is 19.7 Å². The minimum Gasteiger partial charge on any atom is -0.496 e. The number of nitrogens with zero attached hydrogens (tertiary/aromatic N) is 1. The highest BCUT2D eigenvalue weighted by Gasteiger charge is 2.29. The van der Waals surface area contributed by atoms with Gasteiger partial charge in [-0.2, -0.15) is 0 Å². The second kappa shape index (κ2) is 11.7. The van der Waals surface area contributed by atoms with Crippen molar-refractivity contribution in [3.63, 3.8) is 0 Å². The van der Waals surface area contributed by atoms with Crippen molar-refractivity contribution in [2.24, 2.45) is 5.92 Å². The standard InChI is InChI=1S/C25H29ClN2O5/c1-3-4-15-33-25(31)18-5-8-20(9-6-18)27-23(29)17-11-13-28(14-12-17)24(30)21-16-19(26)7-10-22(21)32-2/h5-10,16-17H,3-4,11-15H2,1-2H3,(H,27,29). The van der Waals surface area contributed by atoms with Gasteiger partial charge >= 0.3 is 5.97 Å². The van der Waals surface area contributed by atoms with E-state index in [2.05, 4.69) is 5.32 Å². The van der Waals surface area contributed by atoms with E-state index in [-0.39, 0.29) is 23.7 Å². The molecule has 0 saturated carbocycles. The summed E-state index contributed by atoms with van der Waals surface area (Å²) in [4.78, 5) is 39.3. The van der Waals surface area contributed by atoms with Gasteiger partial charge in [-0.05, 0) is 61.7 Å². The van der Waals surface area contributed by atoms with Crippen LogP contribution in [0.3, 0.4) is 0 Å². The number of anilines is 1. The van der Waals surface area contributed by atoms with Gasteiger partial charge in [-0.25, -0.2) is 4.79 Å². The van der Waals surface area contributed by atoms with Crippen molar-refractivity contribution in [2.45, 2.75) is 32.6 Å². The molecule has 0 aliphatic carbocycles. The summed E-state index contributed by atoms with van der Waals surface area (Å²) in [6.45, 7) is 3.37. The van der Waals surface area contributed by atoms with Crippen LogP contribution in [0.5, 0.6) is 5.75 Å². The molecule has 2 aromatic rings. The topological polar surface area (TPSA) is 84.9 Å². The van der Waals surface area contributed by atoms with E-state index in [1.54, 1.807) is 47.4 Å². The molecule has 33 heavy (non-hydrogen) atoms. The lowest BCUT2D eigenvalue weighted by Gasteiger charge is -2.31. The number of benzene rings is 2. The molecule has 2 amide bonds. The maximum Gasteiger partial charge on any atom is 0.338 e. The van der Waals surface area contributed by atoms with Crippen LogP contribution in [-0.4, -0.2) is 49.5 Å². The van der Waals surface area contributed by atoms with Crippen molar-refractivity contribution < 1.29 is 23.9 Å². The zero-order valence-corrected chi connectivity index (χ0v) is 19.7. The molecule has 0 unspecified atom stereocenters. The van der Waals surface area contributed by atoms with E-state index in [0.717, 1.165) is 12.8 Å². The number of carbonyl (C=O) groups is 3. The Bertz CT molecular complexity index is 985. The van der Waals surface area contributed by atoms with Crippen LogP contribution in [0, 0.1) is 5.92 Å². The molecule has 1 saturated heterocycles. The molecule has 2 aromatic carbocycles. The van der Waals surface area contributed by atoms with Crippen LogP contribution < -0.4 is 10.1 Å². The molecule has 3 rings (SSSR count). The van der Waals surface area contributed by atoms with Crippen LogP contribution in [0.4, 0.5) is 5.69 Å². The average molecular weight is 473 g/mol. The highest BCUT2D eigenvalue weighted by atomic mass is 35.5. The van der Waals surface area contributed by atoms with Crippen molar-refractivity contribution in [2.75, 3.05) is 32.1 Å². The number of halogens is 1. The van der Waals surface area contributed by atoms with E-state index >= 15 is 0 Å². The predicted octanol–water partition coefficient (Wildman–Crippen LogP) is 4.80. The third kappa shape index (κ3) is 6.48. The number of carbonyl (C=O) groups excluding carboxylic acids is 3. The van der Waals surface area contributed by atoms with Crippen LogP contribution in [0.25, 0.3) is 0 Å². The molecule has 1 N–H and O–H groups in total. The number of hydrogen-bond donors (Lipinski definition) is 1. The summed E-state index contributed by atoms with van der Waals surface area (Å²) in [7, 11) is 1.51. The normalized spacial score (nSPS) is 14.0. The number of esters is 1. The SMILES string of the molecule is CCCCOC(=O)c1ccc(NC(=O)C2CCN(C(=O)c3cc(Cl)ccc3OC)CC2)cc1. The lowest BCUT2D eigenvalue weighted by Crippen LogP contribution is -2.41. The molecule has 176 valence electrons. The number of methoxy groups -OCH3 is 1. The molecule has 1 aliphatic rings. The van der Waals surface area contributed by atoms with Crippen molar-refractivity contribution in [1.82, 2.24) is 4.90 Å². The van der Waals surface area contributed by atoms with Crippen molar-refractivity contribution in [3.8, 4) is 5.75 Å². The summed E-state index contributed by atoms with van der Waals surface area (Å²) in [6, 6.07) is 11.6. The van der Waals surface area contributed by atoms with Gasteiger partial charge in [0, 0.05) is 29.7 Å². The zero-order chi connectivity index (χ0) is 23.8. The van der Waals surface area contributed by atoms with E-state index < -0.39 is 0 Å². The first kappa shape index (κ1) is 24.6. The second-order valence-corrected chi connectivity index (χ2v) is 8.40. The Morgan fingerprint density at radius 3 is 2.42 bits per heavy atom. The van der Waals surface area contributed by atoms with Crippen LogP contribution in [0.1, 0.15) is 53.3 Å². The number of unbranched alkanes of at least 4 members (excludes halogenated alkanes) is 1. The first-order chi connectivity index (χ1) is 15.9. The Kier molecular flexibility index (Phi) is 8.72. The van der Waals surface area contributed by atoms with Gasteiger partial charge in [0.1, 0.15) is 5.75 Å². The number of likely N-dealkylation sites (tertiary alicyclic amines) is 1. The van der Waals surface area contributed by atoms with E-state index in [1.165, 1.54) is 7.11 Å². The molecule has 0 aromatic heterocycles. The second-order valence-electron chi connectivity index (χ2n) is 7.97. The summed E-state index contributed by atoms with van der Waals surface area (Å²) in [5.41, 5.74) is 1.49. The van der Waals surface area contributed by atoms with Gasteiger partial charge in [-0.15, -0.1) is 0 Å². The van der Waals surface area contributed by atoms with Crippen LogP contribution in [0.2, 0.25) is 5.02 Å². The van der Waals surface area contributed by atoms with Gasteiger partial charge in [0.05, 0.1) is 24.8 Å². The van der Waals surface area contributed by atoms with Gasteiger partial charge in [-0.3, -0.25) is 9.59 Å². The number of rotatable bonds is 8. The van der Waals surface area contributed by atoms with Crippen LogP contribution in [0.15, 0.2) is 42.5 Å². The summed E-state index contributed by atoms with van der Waals surface area (Å²) in [6.07, 6.45) is 2.90. The molecular formula is C25H29ClN2O5. The number of hydrogen-bond acceptors (Lipinski definition) is 5. The fraction of sp³-hybridized carbons (Fsp3) is 0.400. The minimum absolute atomic E-state index is 0.0966. The van der Waals surface area contributed by atoms with E-state index in [9.17, 15) is 14.4 Å². The predicted molar refractivity (Wildman–Crippen MR) is 127 cm³/mol. The summed E-state index contributed by atoms with van der Waals surface area (Å²) < 4.78 is 10.5. The molecule has 0 radical (unpaired) electrons. The average Bonchev–Trinajstić information content (AvgIpc) is 2.84. The quantitative estimate of drug-likeness (QED) is 0.440. The van der Waals surface area contributed by atoms with E-state index in [1.807, 2.05) is 6.92 Å². The fourth-order valence-electron chi connectivity index (χ4n) is 3.69. The van der Waals surface area contributed by atoms with Gasteiger partial charge in [0.2, 0.25) is 5.91 Å². The number of ether oxygens (including phenoxy) is 2. The third-order valence-corrected chi connectivity index (χ3v) is 5.90. The first-order valence-electron chi connectivity index (χ1n) is 11.1. The Labute approximate surface area is 199 Å². The molecule has 7 nitrogen and oxygen atoms in total. The molecule has 1 aliphatic heterocycles. The minimum atomic E-state index is -0.366. The molecular weight excluding hydrogens is 444 g/mol. The number of nitrogens with one attached hydrogen (secondary N) is 1. The van der Waals surface area contributed by atoms with Crippen molar-refractivity contribution in [1.29, 1.82) is 0 Å². The van der Waals surface area contributed by atoms with Crippen LogP contribution >= 0.6 is 11.6 Å². The Balaban J connectivity index is 1.52. The Hall–Kier alpha value is -3.06. The van der Waals surface area contributed by atoms with Gasteiger partial charge in [0.25, 0.3) is 5.91 Å². The molecule has 8 heteroatoms. The van der Waals surface area contributed by atoms with Gasteiger partial charge in [-0.1, -0.05) is 24.9 Å². The first-order valence-corrected chi connectivity index (χ1v) is 11.5. The number of amides is 2. The summed E-state index contributed by atoms with van der Waals surface area (Å²) in [5.74, 6) is -0.346. The molecule has 0 atom stereocenters. The zero-order valence-electron chi connectivity index (χ0n) is 18.9. The van der Waals surface area contributed by atoms with Crippen LogP contribution in [-0.2, 0) is 9.53 Å². The monoisotopic (exact) mass is 472 g/mol. The van der Waals surface area contributed by atoms with Crippen molar-refractivity contribution in [3.05, 3.63) is 58.6 Å². The van der Waals surface area contributed by atoms with E-state index in [4.69, 9.17) is 21.1 Å². The van der Waals surface area contributed by atoms with Gasteiger partial charge in [0.15, 0.2) is 0 Å². The smallest absolute Gasteiger partial charge is 0.338 e. The molecule has 1 heterocycles. The van der Waals surface area contributed by atoms with Crippen molar-refractivity contribution >= 4 is 35.1 Å². The Morgan fingerprint density at radius 2 is 1.79 bits per heavy atom.